The average Bonchev–Trinajstić information content (AvgIpc) is 1.90. The molecule has 1 saturated heterocycles. The summed E-state index contributed by atoms with van der Waals surface area (Å²) in [6.07, 6.45) is 2.92. The Bertz CT molecular complexity index is 72.6. The molecule has 1 heterocycles. The third-order valence-electron chi connectivity index (χ3n) is 2.21. The van der Waals surface area contributed by atoms with Crippen molar-refractivity contribution in [2.24, 2.45) is 11.8 Å². The molecule has 1 heteroatoms. The van der Waals surface area contributed by atoms with Gasteiger partial charge in [-0.15, -0.1) is 0 Å². The maximum absolute atomic E-state index is 2.35. The molecule has 1 fully saturated rings. The minimum atomic E-state index is 0.922. The summed E-state index contributed by atoms with van der Waals surface area (Å²) in [6.45, 7) is 4.70. The standard InChI is InChI=1S/C8H16S/c1-7(2)8-3-5-9-6-4-8/h7-8H,3-6H2,1-2H3. The summed E-state index contributed by atoms with van der Waals surface area (Å²) in [5.41, 5.74) is 0. The summed E-state index contributed by atoms with van der Waals surface area (Å²) >= 11 is 2.12. The molecular weight excluding hydrogens is 128 g/mol. The van der Waals surface area contributed by atoms with Crippen LogP contribution in [0.3, 0.4) is 0 Å². The molecule has 0 amide bonds. The number of hydrogen-bond acceptors (Lipinski definition) is 1. The molecule has 0 saturated carbocycles. The predicted octanol–water partition coefficient (Wildman–Crippen LogP) is 2.79. The van der Waals surface area contributed by atoms with E-state index in [1.165, 1.54) is 24.3 Å². The van der Waals surface area contributed by atoms with E-state index < -0.39 is 0 Å². The highest BCUT2D eigenvalue weighted by Gasteiger charge is 2.15. The first-order valence-corrected chi connectivity index (χ1v) is 5.04. The van der Waals surface area contributed by atoms with Gasteiger partial charge in [-0.2, -0.15) is 11.8 Å². The number of hydrogen-bond donors (Lipinski definition) is 0. The van der Waals surface area contributed by atoms with Crippen molar-refractivity contribution in [2.45, 2.75) is 26.7 Å². The molecule has 0 aromatic rings. The van der Waals surface area contributed by atoms with Crippen LogP contribution in [0.15, 0.2) is 0 Å². The first-order chi connectivity index (χ1) is 4.30. The Kier molecular flexibility index (Phi) is 2.90. The van der Waals surface area contributed by atoms with Crippen LogP contribution in [0.2, 0.25) is 0 Å². The highest BCUT2D eigenvalue weighted by atomic mass is 32.2. The van der Waals surface area contributed by atoms with Crippen molar-refractivity contribution in [1.29, 1.82) is 0 Å². The normalized spacial score (nSPS) is 23.0. The summed E-state index contributed by atoms with van der Waals surface area (Å²) < 4.78 is 0. The van der Waals surface area contributed by atoms with E-state index in [1.54, 1.807) is 0 Å². The van der Waals surface area contributed by atoms with Gasteiger partial charge in [-0.1, -0.05) is 13.8 Å². The van der Waals surface area contributed by atoms with Crippen LogP contribution in [0, 0.1) is 11.8 Å². The maximum Gasteiger partial charge on any atom is -0.00648 e. The first-order valence-electron chi connectivity index (χ1n) is 3.88. The zero-order chi connectivity index (χ0) is 6.69. The monoisotopic (exact) mass is 144 g/mol. The van der Waals surface area contributed by atoms with E-state index >= 15 is 0 Å². The van der Waals surface area contributed by atoms with E-state index in [1.807, 2.05) is 0 Å². The van der Waals surface area contributed by atoms with Gasteiger partial charge in [0.25, 0.3) is 0 Å². The van der Waals surface area contributed by atoms with Gasteiger partial charge < -0.3 is 0 Å². The van der Waals surface area contributed by atoms with Gasteiger partial charge >= 0.3 is 0 Å². The Balaban J connectivity index is 2.23. The van der Waals surface area contributed by atoms with Crippen LogP contribution in [-0.2, 0) is 0 Å². The average molecular weight is 144 g/mol. The molecule has 0 radical (unpaired) electrons. The van der Waals surface area contributed by atoms with Crippen molar-refractivity contribution in [3.8, 4) is 0 Å². The molecule has 0 unspecified atom stereocenters. The molecule has 0 aromatic carbocycles. The van der Waals surface area contributed by atoms with Crippen LogP contribution in [-0.4, -0.2) is 11.5 Å². The van der Waals surface area contributed by atoms with Gasteiger partial charge in [0.2, 0.25) is 0 Å². The van der Waals surface area contributed by atoms with E-state index in [2.05, 4.69) is 25.6 Å². The summed E-state index contributed by atoms with van der Waals surface area (Å²) in [5, 5.41) is 0. The Hall–Kier alpha value is 0.350. The van der Waals surface area contributed by atoms with Crippen molar-refractivity contribution >= 4 is 11.8 Å². The molecule has 0 nitrogen and oxygen atoms in total. The molecule has 0 bridgehead atoms. The zero-order valence-corrected chi connectivity index (χ0v) is 7.21. The highest BCUT2D eigenvalue weighted by molar-refractivity contribution is 7.99. The third-order valence-corrected chi connectivity index (χ3v) is 3.26. The highest BCUT2D eigenvalue weighted by Crippen LogP contribution is 2.27. The Morgan fingerprint density at radius 1 is 1.22 bits per heavy atom. The molecule has 1 aliphatic rings. The quantitative estimate of drug-likeness (QED) is 0.545. The molecule has 0 aromatic heterocycles. The molecule has 1 aliphatic heterocycles. The smallest absolute Gasteiger partial charge is 0.00648 e. The molecule has 1 rings (SSSR count). The second-order valence-corrected chi connectivity index (χ2v) is 4.42. The van der Waals surface area contributed by atoms with Crippen molar-refractivity contribution in [3.05, 3.63) is 0 Å². The van der Waals surface area contributed by atoms with Crippen LogP contribution >= 0.6 is 11.8 Å². The Morgan fingerprint density at radius 3 is 2.11 bits per heavy atom. The molecule has 0 N–H and O–H groups in total. The number of rotatable bonds is 1. The van der Waals surface area contributed by atoms with E-state index in [-0.39, 0.29) is 0 Å². The third kappa shape index (κ3) is 2.21. The van der Waals surface area contributed by atoms with Crippen molar-refractivity contribution < 1.29 is 0 Å². The van der Waals surface area contributed by atoms with Crippen LogP contribution in [0.4, 0.5) is 0 Å². The number of thioether (sulfide) groups is 1. The van der Waals surface area contributed by atoms with E-state index in [0.717, 1.165) is 11.8 Å². The van der Waals surface area contributed by atoms with E-state index in [9.17, 15) is 0 Å². The first kappa shape index (κ1) is 7.46. The fourth-order valence-corrected chi connectivity index (χ4v) is 2.53. The Morgan fingerprint density at radius 2 is 1.78 bits per heavy atom. The van der Waals surface area contributed by atoms with Gasteiger partial charge in [-0.05, 0) is 36.2 Å². The van der Waals surface area contributed by atoms with Crippen LogP contribution in [0.25, 0.3) is 0 Å². The molecule has 54 valence electrons. The van der Waals surface area contributed by atoms with Gasteiger partial charge in [-0.3, -0.25) is 0 Å². The zero-order valence-electron chi connectivity index (χ0n) is 6.39. The van der Waals surface area contributed by atoms with E-state index in [0.29, 0.717) is 0 Å². The van der Waals surface area contributed by atoms with Crippen molar-refractivity contribution in [1.82, 2.24) is 0 Å². The van der Waals surface area contributed by atoms with Crippen LogP contribution < -0.4 is 0 Å². The minimum absolute atomic E-state index is 0.922. The second-order valence-electron chi connectivity index (χ2n) is 3.19. The van der Waals surface area contributed by atoms with Gasteiger partial charge in [0.1, 0.15) is 0 Å². The largest absolute Gasteiger partial charge is 0.162 e. The molecular formula is C8H16S. The fraction of sp³-hybridized carbons (Fsp3) is 1.00. The van der Waals surface area contributed by atoms with Crippen molar-refractivity contribution in [3.63, 3.8) is 0 Å². The summed E-state index contributed by atoms with van der Waals surface area (Å²) in [4.78, 5) is 0. The van der Waals surface area contributed by atoms with Gasteiger partial charge in [0.15, 0.2) is 0 Å². The molecule has 0 spiro atoms. The van der Waals surface area contributed by atoms with Gasteiger partial charge in [-0.25, -0.2) is 0 Å². The predicted molar refractivity (Wildman–Crippen MR) is 44.9 cm³/mol. The SMILES string of the molecule is CC(C)C1CCSCC1. The van der Waals surface area contributed by atoms with E-state index in [4.69, 9.17) is 0 Å². The second kappa shape index (κ2) is 3.50. The minimum Gasteiger partial charge on any atom is -0.162 e. The summed E-state index contributed by atoms with van der Waals surface area (Å²) in [7, 11) is 0. The van der Waals surface area contributed by atoms with Crippen LogP contribution in [0.1, 0.15) is 26.7 Å². The molecule has 0 atom stereocenters. The molecule has 0 aliphatic carbocycles. The lowest BCUT2D eigenvalue weighted by atomic mass is 9.91. The lowest BCUT2D eigenvalue weighted by Gasteiger charge is -2.24. The summed E-state index contributed by atoms with van der Waals surface area (Å²) in [6, 6.07) is 0. The molecule has 9 heavy (non-hydrogen) atoms. The topological polar surface area (TPSA) is 0 Å². The van der Waals surface area contributed by atoms with Crippen LogP contribution in [0.5, 0.6) is 0 Å². The fourth-order valence-electron chi connectivity index (χ4n) is 1.38. The lowest BCUT2D eigenvalue weighted by molar-refractivity contribution is 0.361. The maximum atomic E-state index is 2.35. The van der Waals surface area contributed by atoms with Crippen molar-refractivity contribution in [2.75, 3.05) is 11.5 Å². The summed E-state index contributed by atoms with van der Waals surface area (Å²) in [5.74, 6) is 4.77. The van der Waals surface area contributed by atoms with Gasteiger partial charge in [0.05, 0.1) is 0 Å². The Labute approximate surface area is 62.4 Å². The van der Waals surface area contributed by atoms with Gasteiger partial charge in [0, 0.05) is 0 Å². The lowest BCUT2D eigenvalue weighted by Crippen LogP contribution is -2.14.